The maximum absolute atomic E-state index is 10.9. The summed E-state index contributed by atoms with van der Waals surface area (Å²) in [5.74, 6) is -1.14. The lowest BCUT2D eigenvalue weighted by atomic mass is 10.4. The monoisotopic (exact) mass is 170 g/mol. The zero-order valence-electron chi connectivity index (χ0n) is 6.73. The molecule has 0 aromatic rings. The molecule has 0 atom stereocenters. The van der Waals surface area contributed by atoms with E-state index in [1.165, 1.54) is 0 Å². The summed E-state index contributed by atoms with van der Waals surface area (Å²) in [6.07, 6.45) is 0.715. The maximum atomic E-state index is 10.9. The number of nitrogens with zero attached hydrogens (tertiary/aromatic N) is 3. The molecule has 0 spiro atoms. The average Bonchev–Trinajstić information content (AvgIpc) is 2.00. The smallest absolute Gasteiger partial charge is 0.344 e. The molecule has 0 aromatic heterocycles. The van der Waals surface area contributed by atoms with Gasteiger partial charge in [-0.15, -0.1) is 0 Å². The Morgan fingerprint density at radius 1 is 1.67 bits per heavy atom. The van der Waals surface area contributed by atoms with Crippen molar-refractivity contribution in [1.82, 2.24) is 4.90 Å². The molecule has 0 aliphatic carbocycles. The van der Waals surface area contributed by atoms with Gasteiger partial charge in [0.1, 0.15) is 0 Å². The first kappa shape index (κ1) is 10.3. The van der Waals surface area contributed by atoms with E-state index in [2.05, 4.69) is 4.79 Å². The largest absolute Gasteiger partial charge is 0.368 e. The fraction of sp³-hybridized carbons (Fsp3) is 0.500. The number of primary amides is 1. The van der Waals surface area contributed by atoms with Crippen molar-refractivity contribution in [3.63, 3.8) is 0 Å². The van der Waals surface area contributed by atoms with Crippen molar-refractivity contribution in [3.8, 4) is 0 Å². The van der Waals surface area contributed by atoms with Crippen LogP contribution in [-0.4, -0.2) is 40.8 Å². The van der Waals surface area contributed by atoms with Crippen LogP contribution in [0.15, 0.2) is 0 Å². The summed E-state index contributed by atoms with van der Waals surface area (Å²) in [5.41, 5.74) is 12.9. The van der Waals surface area contributed by atoms with Crippen molar-refractivity contribution < 1.29 is 14.4 Å². The molecular weight excluding hydrogens is 160 g/mol. The molecule has 0 aromatic carbocycles. The Balaban J connectivity index is 4.23. The number of carbonyl (C=O) groups excluding carboxylic acids is 2. The van der Waals surface area contributed by atoms with Gasteiger partial charge in [-0.3, -0.25) is 9.59 Å². The minimum Gasteiger partial charge on any atom is -0.368 e. The van der Waals surface area contributed by atoms with E-state index in [1.54, 1.807) is 6.92 Å². The van der Waals surface area contributed by atoms with Crippen LogP contribution in [0.5, 0.6) is 0 Å². The Morgan fingerprint density at radius 2 is 2.25 bits per heavy atom. The molecule has 2 N–H and O–H groups in total. The third-order valence-electron chi connectivity index (χ3n) is 1.21. The number of amides is 2. The predicted octanol–water partition coefficient (Wildman–Crippen LogP) is -1.38. The van der Waals surface area contributed by atoms with E-state index in [9.17, 15) is 9.59 Å². The molecule has 2 amide bonds. The molecule has 0 fully saturated rings. The number of rotatable bonds is 4. The lowest BCUT2D eigenvalue weighted by Crippen LogP contribution is -2.38. The van der Waals surface area contributed by atoms with Crippen molar-refractivity contribution in [2.45, 2.75) is 6.92 Å². The molecule has 0 unspecified atom stereocenters. The fourth-order valence-electron chi connectivity index (χ4n) is 0.665. The molecule has 0 aliphatic heterocycles. The molecule has 6 nitrogen and oxygen atoms in total. The average molecular weight is 170 g/mol. The number of nitrogens with two attached hydrogens (primary N) is 1. The molecule has 0 heterocycles. The third kappa shape index (κ3) is 3.48. The van der Waals surface area contributed by atoms with Gasteiger partial charge < -0.3 is 16.2 Å². The minimum atomic E-state index is -0.600. The lowest BCUT2D eigenvalue weighted by Gasteiger charge is -2.13. The second-order valence-corrected chi connectivity index (χ2v) is 2.06. The summed E-state index contributed by atoms with van der Waals surface area (Å²) < 4.78 is 0. The van der Waals surface area contributed by atoms with E-state index < -0.39 is 11.8 Å². The Kier molecular flexibility index (Phi) is 4.33. The minimum absolute atomic E-state index is 0.165. The van der Waals surface area contributed by atoms with Crippen LogP contribution < -0.4 is 5.73 Å². The van der Waals surface area contributed by atoms with Crippen LogP contribution in [0.4, 0.5) is 0 Å². The van der Waals surface area contributed by atoms with E-state index in [-0.39, 0.29) is 6.54 Å². The van der Waals surface area contributed by atoms with E-state index in [1.807, 2.05) is 0 Å². The van der Waals surface area contributed by atoms with Gasteiger partial charge in [0, 0.05) is 6.54 Å². The number of carbonyl (C=O) groups is 2. The number of hydrogen-bond acceptors (Lipinski definition) is 2. The van der Waals surface area contributed by atoms with Gasteiger partial charge in [-0.1, -0.05) is 0 Å². The molecule has 0 radical (unpaired) electrons. The van der Waals surface area contributed by atoms with Crippen molar-refractivity contribution in [2.24, 2.45) is 5.73 Å². The normalized spacial score (nSPS) is 8.42. The maximum Gasteiger partial charge on any atom is 0.344 e. The lowest BCUT2D eigenvalue weighted by molar-refractivity contribution is -0.131. The molecule has 0 aliphatic rings. The van der Waals surface area contributed by atoms with Crippen molar-refractivity contribution in [3.05, 3.63) is 5.53 Å². The Hall–Kier alpha value is -1.68. The van der Waals surface area contributed by atoms with E-state index in [0.29, 0.717) is 12.8 Å². The van der Waals surface area contributed by atoms with Gasteiger partial charge in [-0.05, 0) is 6.92 Å². The summed E-state index contributed by atoms with van der Waals surface area (Å²) in [7, 11) is 0. The van der Waals surface area contributed by atoms with Crippen molar-refractivity contribution >= 4 is 18.0 Å². The summed E-state index contributed by atoms with van der Waals surface area (Å²) in [5, 5.41) is 0. The number of hydrogen-bond donors (Lipinski definition) is 1. The molecule has 6 heteroatoms. The zero-order valence-corrected chi connectivity index (χ0v) is 6.73. The zero-order chi connectivity index (χ0) is 9.56. The first-order valence-electron chi connectivity index (χ1n) is 3.36. The van der Waals surface area contributed by atoms with Crippen LogP contribution in [0.3, 0.4) is 0 Å². The highest BCUT2D eigenvalue weighted by Crippen LogP contribution is 1.85. The van der Waals surface area contributed by atoms with Gasteiger partial charge in [-0.2, -0.15) is 4.79 Å². The standard InChI is InChI=1S/C6H10N4O2/c1-2-10(4-5(7)11)6(12)3-9-8/h3H,2,4H2,1H3,(H2,7,11). The quantitative estimate of drug-likeness (QED) is 0.319. The third-order valence-corrected chi connectivity index (χ3v) is 1.21. The van der Waals surface area contributed by atoms with Crippen molar-refractivity contribution in [1.29, 1.82) is 0 Å². The van der Waals surface area contributed by atoms with Gasteiger partial charge in [-0.25, -0.2) is 0 Å². The predicted molar refractivity (Wildman–Crippen MR) is 41.1 cm³/mol. The molecule has 12 heavy (non-hydrogen) atoms. The fourth-order valence-corrected chi connectivity index (χ4v) is 0.665. The van der Waals surface area contributed by atoms with E-state index >= 15 is 0 Å². The van der Waals surface area contributed by atoms with Crippen LogP contribution in [0.1, 0.15) is 6.92 Å². The van der Waals surface area contributed by atoms with Gasteiger partial charge >= 0.3 is 12.1 Å². The van der Waals surface area contributed by atoms with E-state index in [0.717, 1.165) is 4.90 Å². The second kappa shape index (κ2) is 5.03. The summed E-state index contributed by atoms with van der Waals surface area (Å²) in [6.45, 7) is 1.86. The second-order valence-electron chi connectivity index (χ2n) is 2.06. The van der Waals surface area contributed by atoms with Crippen LogP contribution in [-0.2, 0) is 9.59 Å². The van der Waals surface area contributed by atoms with Gasteiger partial charge in [0.25, 0.3) is 0 Å². The van der Waals surface area contributed by atoms with Crippen molar-refractivity contribution in [2.75, 3.05) is 13.1 Å². The molecule has 66 valence electrons. The first-order valence-corrected chi connectivity index (χ1v) is 3.36. The SMILES string of the molecule is CCN(CC(N)=O)C(=O)C=[N+]=[N-]. The van der Waals surface area contributed by atoms with Crippen LogP contribution in [0, 0.1) is 0 Å². The Labute approximate surface area is 69.6 Å². The highest BCUT2D eigenvalue weighted by Gasteiger charge is 2.14. The Morgan fingerprint density at radius 3 is 2.58 bits per heavy atom. The number of likely N-dealkylation sites (N-methyl/N-ethyl adjacent to an activating group) is 1. The Bertz CT molecular complexity index is 232. The van der Waals surface area contributed by atoms with Gasteiger partial charge in [0.15, 0.2) is 0 Å². The highest BCUT2D eigenvalue weighted by atomic mass is 16.2. The topological polar surface area (TPSA) is 99.8 Å². The summed E-state index contributed by atoms with van der Waals surface area (Å²) in [6, 6.07) is 0. The van der Waals surface area contributed by atoms with Crippen LogP contribution >= 0.6 is 0 Å². The first-order chi connectivity index (χ1) is 5.61. The van der Waals surface area contributed by atoms with Crippen LogP contribution in [0.25, 0.3) is 5.53 Å². The molecule has 0 bridgehead atoms. The molecule has 0 rings (SSSR count). The molecule has 0 saturated carbocycles. The van der Waals surface area contributed by atoms with Gasteiger partial charge in [0.2, 0.25) is 5.91 Å². The summed E-state index contributed by atoms with van der Waals surface area (Å²) in [4.78, 5) is 25.0. The van der Waals surface area contributed by atoms with Crippen LogP contribution in [0.2, 0.25) is 0 Å². The van der Waals surface area contributed by atoms with E-state index in [4.69, 9.17) is 11.3 Å². The van der Waals surface area contributed by atoms with Gasteiger partial charge in [0.05, 0.1) is 6.54 Å². The molecule has 0 saturated heterocycles. The summed E-state index contributed by atoms with van der Waals surface area (Å²) >= 11 is 0. The highest BCUT2D eigenvalue weighted by molar-refractivity contribution is 6.24. The molecular formula is C6H10N4O2.